The molecule has 3 heteroatoms. The highest BCUT2D eigenvalue weighted by atomic mass is 16.6. The molecule has 0 aliphatic carbocycles. The Morgan fingerprint density at radius 1 is 0.955 bits per heavy atom. The van der Waals surface area contributed by atoms with E-state index in [0.717, 1.165) is 11.1 Å². The van der Waals surface area contributed by atoms with Crippen LogP contribution in [0.2, 0.25) is 0 Å². The van der Waals surface area contributed by atoms with E-state index in [1.807, 2.05) is 74.5 Å². The molecule has 116 valence electrons. The van der Waals surface area contributed by atoms with Gasteiger partial charge in [0.15, 0.2) is 12.2 Å². The Balaban J connectivity index is 2.21. The molecule has 0 radical (unpaired) electrons. The summed E-state index contributed by atoms with van der Waals surface area (Å²) in [6.45, 7) is 3.92. The molecule has 0 aliphatic rings. The maximum absolute atomic E-state index is 12.2. The van der Waals surface area contributed by atoms with Crippen LogP contribution in [-0.2, 0) is 9.53 Å². The van der Waals surface area contributed by atoms with Crippen molar-refractivity contribution in [1.29, 1.82) is 0 Å². The van der Waals surface area contributed by atoms with E-state index < -0.39 is 18.2 Å². The number of aliphatic hydroxyl groups excluding tert-OH is 1. The predicted octanol–water partition coefficient (Wildman–Crippen LogP) is 3.73. The average Bonchev–Trinajstić information content (AvgIpc) is 2.53. The highest BCUT2D eigenvalue weighted by Crippen LogP contribution is 2.26. The Bertz CT molecular complexity index is 539. The van der Waals surface area contributed by atoms with Crippen LogP contribution < -0.4 is 0 Å². The molecular weight excluding hydrogens is 276 g/mol. The summed E-state index contributed by atoms with van der Waals surface area (Å²) >= 11 is 0. The molecule has 0 unspecified atom stereocenters. The first-order valence-electron chi connectivity index (χ1n) is 7.56. The number of hydrogen-bond donors (Lipinski definition) is 1. The second-order valence-corrected chi connectivity index (χ2v) is 5.78. The van der Waals surface area contributed by atoms with Crippen molar-refractivity contribution in [3.8, 4) is 0 Å². The predicted molar refractivity (Wildman–Crippen MR) is 86.3 cm³/mol. The van der Waals surface area contributed by atoms with E-state index >= 15 is 0 Å². The van der Waals surface area contributed by atoms with Crippen LogP contribution >= 0.6 is 0 Å². The molecule has 1 N–H and O–H groups in total. The number of benzene rings is 2. The molecule has 0 saturated carbocycles. The quantitative estimate of drug-likeness (QED) is 0.827. The number of carbonyl (C=O) groups excluding carboxylic acids is 1. The molecule has 0 spiro atoms. The molecule has 0 bridgehead atoms. The van der Waals surface area contributed by atoms with Crippen molar-refractivity contribution in [2.24, 2.45) is 5.92 Å². The van der Waals surface area contributed by atoms with Crippen molar-refractivity contribution in [3.63, 3.8) is 0 Å². The van der Waals surface area contributed by atoms with Crippen molar-refractivity contribution in [2.75, 3.05) is 0 Å². The minimum absolute atomic E-state index is 0.231. The lowest BCUT2D eigenvalue weighted by Crippen LogP contribution is -2.26. The van der Waals surface area contributed by atoms with Gasteiger partial charge in [0.05, 0.1) is 0 Å². The fourth-order valence-corrected chi connectivity index (χ4v) is 2.32. The van der Waals surface area contributed by atoms with Gasteiger partial charge in [0.1, 0.15) is 0 Å². The van der Waals surface area contributed by atoms with Gasteiger partial charge in [0, 0.05) is 0 Å². The maximum atomic E-state index is 12.2. The topological polar surface area (TPSA) is 46.5 Å². The second-order valence-electron chi connectivity index (χ2n) is 5.78. The SMILES string of the molecule is CC(C)C[C@H](O)C(=O)OC(c1ccccc1)c1ccccc1. The summed E-state index contributed by atoms with van der Waals surface area (Å²) in [6.07, 6.45) is -1.19. The summed E-state index contributed by atoms with van der Waals surface area (Å²) in [7, 11) is 0. The fraction of sp³-hybridized carbons (Fsp3) is 0.316. The van der Waals surface area contributed by atoms with Gasteiger partial charge in [0.25, 0.3) is 0 Å². The van der Waals surface area contributed by atoms with Crippen molar-refractivity contribution >= 4 is 5.97 Å². The molecule has 3 nitrogen and oxygen atoms in total. The number of ether oxygens (including phenoxy) is 1. The Labute approximate surface area is 131 Å². The molecular formula is C19H22O3. The van der Waals surface area contributed by atoms with Gasteiger partial charge < -0.3 is 9.84 Å². The first-order chi connectivity index (χ1) is 10.6. The Kier molecular flexibility index (Phi) is 5.73. The normalized spacial score (nSPS) is 12.4. The molecule has 0 fully saturated rings. The Morgan fingerprint density at radius 3 is 1.82 bits per heavy atom. The Hall–Kier alpha value is -2.13. The third-order valence-electron chi connectivity index (χ3n) is 3.41. The number of rotatable bonds is 6. The van der Waals surface area contributed by atoms with Crippen molar-refractivity contribution in [3.05, 3.63) is 71.8 Å². The molecule has 2 rings (SSSR count). The first kappa shape index (κ1) is 16.2. The highest BCUT2D eigenvalue weighted by Gasteiger charge is 2.24. The number of carbonyl (C=O) groups is 1. The average molecular weight is 298 g/mol. The number of hydrogen-bond acceptors (Lipinski definition) is 3. The lowest BCUT2D eigenvalue weighted by atomic mass is 10.0. The van der Waals surface area contributed by atoms with Gasteiger partial charge in [-0.3, -0.25) is 0 Å². The number of esters is 1. The van der Waals surface area contributed by atoms with Gasteiger partial charge in [-0.25, -0.2) is 4.79 Å². The molecule has 2 aromatic carbocycles. The second kappa shape index (κ2) is 7.76. The third kappa shape index (κ3) is 4.43. The summed E-state index contributed by atoms with van der Waals surface area (Å²) in [6, 6.07) is 19.1. The zero-order chi connectivity index (χ0) is 15.9. The van der Waals surface area contributed by atoms with Crippen LogP contribution in [0.3, 0.4) is 0 Å². The van der Waals surface area contributed by atoms with Gasteiger partial charge >= 0.3 is 5.97 Å². The lowest BCUT2D eigenvalue weighted by Gasteiger charge is -2.21. The first-order valence-corrected chi connectivity index (χ1v) is 7.56. The van der Waals surface area contributed by atoms with Crippen LogP contribution in [0.15, 0.2) is 60.7 Å². The molecule has 2 aromatic rings. The fourth-order valence-electron chi connectivity index (χ4n) is 2.32. The summed E-state index contributed by atoms with van der Waals surface area (Å²) < 4.78 is 5.60. The van der Waals surface area contributed by atoms with Gasteiger partial charge in [-0.05, 0) is 23.5 Å². The van der Waals surface area contributed by atoms with E-state index in [9.17, 15) is 9.90 Å². The standard InChI is InChI=1S/C19H22O3/c1-14(2)13-17(20)19(21)22-18(15-9-5-3-6-10-15)16-11-7-4-8-12-16/h3-12,14,17-18,20H,13H2,1-2H3/t17-/m0/s1. The van der Waals surface area contributed by atoms with Gasteiger partial charge in [-0.2, -0.15) is 0 Å². The van der Waals surface area contributed by atoms with E-state index in [4.69, 9.17) is 4.74 Å². The molecule has 0 amide bonds. The molecule has 0 aromatic heterocycles. The maximum Gasteiger partial charge on any atom is 0.335 e. The van der Waals surface area contributed by atoms with Crippen LogP contribution in [0, 0.1) is 5.92 Å². The summed E-state index contributed by atoms with van der Waals surface area (Å²) in [4.78, 5) is 12.2. The van der Waals surface area contributed by atoms with Crippen LogP contribution in [-0.4, -0.2) is 17.2 Å². The van der Waals surface area contributed by atoms with Crippen molar-refractivity contribution in [1.82, 2.24) is 0 Å². The molecule has 0 saturated heterocycles. The lowest BCUT2D eigenvalue weighted by molar-refractivity contribution is -0.158. The largest absolute Gasteiger partial charge is 0.451 e. The summed E-state index contributed by atoms with van der Waals surface area (Å²) in [5.41, 5.74) is 1.78. The van der Waals surface area contributed by atoms with E-state index in [-0.39, 0.29) is 5.92 Å². The molecule has 0 aliphatic heterocycles. The van der Waals surface area contributed by atoms with E-state index in [1.54, 1.807) is 0 Å². The molecule has 22 heavy (non-hydrogen) atoms. The Morgan fingerprint density at radius 2 is 1.41 bits per heavy atom. The van der Waals surface area contributed by atoms with E-state index in [2.05, 4.69) is 0 Å². The summed E-state index contributed by atoms with van der Waals surface area (Å²) in [5.74, 6) is -0.346. The van der Waals surface area contributed by atoms with Crippen LogP contribution in [0.25, 0.3) is 0 Å². The van der Waals surface area contributed by atoms with Crippen molar-refractivity contribution in [2.45, 2.75) is 32.5 Å². The van der Waals surface area contributed by atoms with Crippen molar-refractivity contribution < 1.29 is 14.6 Å². The third-order valence-corrected chi connectivity index (χ3v) is 3.41. The minimum Gasteiger partial charge on any atom is -0.451 e. The number of aliphatic hydroxyl groups is 1. The van der Waals surface area contributed by atoms with Gasteiger partial charge in [0.2, 0.25) is 0 Å². The van der Waals surface area contributed by atoms with E-state index in [1.165, 1.54) is 0 Å². The van der Waals surface area contributed by atoms with Gasteiger partial charge in [-0.1, -0.05) is 74.5 Å². The highest BCUT2D eigenvalue weighted by molar-refractivity contribution is 5.75. The molecule has 0 heterocycles. The van der Waals surface area contributed by atoms with Crippen LogP contribution in [0.5, 0.6) is 0 Å². The minimum atomic E-state index is -1.09. The monoisotopic (exact) mass is 298 g/mol. The summed E-state index contributed by atoms with van der Waals surface area (Å²) in [5, 5.41) is 9.96. The zero-order valence-corrected chi connectivity index (χ0v) is 13.0. The van der Waals surface area contributed by atoms with Gasteiger partial charge in [-0.15, -0.1) is 0 Å². The zero-order valence-electron chi connectivity index (χ0n) is 13.0. The van der Waals surface area contributed by atoms with Crippen LogP contribution in [0.1, 0.15) is 37.5 Å². The smallest absolute Gasteiger partial charge is 0.335 e. The van der Waals surface area contributed by atoms with E-state index in [0.29, 0.717) is 6.42 Å². The molecule has 1 atom stereocenters. The van der Waals surface area contributed by atoms with Crippen LogP contribution in [0.4, 0.5) is 0 Å².